The van der Waals surface area contributed by atoms with E-state index in [0.29, 0.717) is 28.0 Å². The number of carbonyl (C=O) groups excluding carboxylic acids is 1. The predicted molar refractivity (Wildman–Crippen MR) is 89.3 cm³/mol. The lowest BCUT2D eigenvalue weighted by molar-refractivity contribution is -0.117. The molecule has 20 heavy (non-hydrogen) atoms. The minimum absolute atomic E-state index is 0.0206. The molecular formula is C14H19N3OS2. The van der Waals surface area contributed by atoms with Crippen LogP contribution in [0, 0.1) is 0 Å². The van der Waals surface area contributed by atoms with Gasteiger partial charge in [-0.1, -0.05) is 31.3 Å². The minimum atomic E-state index is -0.0206. The van der Waals surface area contributed by atoms with Crippen LogP contribution >= 0.6 is 24.0 Å². The van der Waals surface area contributed by atoms with E-state index in [-0.39, 0.29) is 5.91 Å². The van der Waals surface area contributed by atoms with Gasteiger partial charge in [-0.05, 0) is 12.1 Å². The Labute approximate surface area is 129 Å². The van der Waals surface area contributed by atoms with Crippen LogP contribution in [-0.2, 0) is 4.79 Å². The molecule has 1 aliphatic heterocycles. The number of carbonyl (C=O) groups is 1. The van der Waals surface area contributed by atoms with Crippen LogP contribution in [0.2, 0.25) is 0 Å². The number of hydrogen-bond acceptors (Lipinski definition) is 4. The standard InChI is InChI=1S/C14H19N3OS2/c1-10-8-17(6-7-20-10)9-13(18)16-12-5-3-2-4-11(12)14(15)19/h2-5,10H,6-9H2,1H3,(H2,15,19)(H,16,18). The summed E-state index contributed by atoms with van der Waals surface area (Å²) < 4.78 is 0. The Morgan fingerprint density at radius 1 is 1.55 bits per heavy atom. The van der Waals surface area contributed by atoms with E-state index in [1.54, 1.807) is 0 Å². The fourth-order valence-electron chi connectivity index (χ4n) is 2.23. The smallest absolute Gasteiger partial charge is 0.238 e. The zero-order chi connectivity index (χ0) is 14.5. The number of benzene rings is 1. The van der Waals surface area contributed by atoms with Crippen LogP contribution < -0.4 is 11.1 Å². The molecule has 0 aromatic heterocycles. The molecule has 1 atom stereocenters. The number of rotatable bonds is 4. The van der Waals surface area contributed by atoms with E-state index in [4.69, 9.17) is 18.0 Å². The molecule has 3 N–H and O–H groups in total. The summed E-state index contributed by atoms with van der Waals surface area (Å²) in [6.45, 7) is 4.52. The Morgan fingerprint density at radius 3 is 3.00 bits per heavy atom. The van der Waals surface area contributed by atoms with Crippen molar-refractivity contribution in [2.75, 3.05) is 30.7 Å². The van der Waals surface area contributed by atoms with Crippen molar-refractivity contribution in [3.8, 4) is 0 Å². The van der Waals surface area contributed by atoms with Crippen LogP contribution in [0.15, 0.2) is 24.3 Å². The van der Waals surface area contributed by atoms with Crippen molar-refractivity contribution in [1.82, 2.24) is 4.90 Å². The largest absolute Gasteiger partial charge is 0.389 e. The maximum absolute atomic E-state index is 12.1. The van der Waals surface area contributed by atoms with Crippen molar-refractivity contribution >= 4 is 40.6 Å². The molecule has 1 aromatic carbocycles. The second-order valence-electron chi connectivity index (χ2n) is 4.87. The SMILES string of the molecule is CC1CN(CC(=O)Nc2ccccc2C(N)=S)CCS1. The number of nitrogens with zero attached hydrogens (tertiary/aromatic N) is 1. The fourth-order valence-corrected chi connectivity index (χ4v) is 3.49. The van der Waals surface area contributed by atoms with Crippen LogP contribution in [0.25, 0.3) is 0 Å². The molecule has 0 spiro atoms. The van der Waals surface area contributed by atoms with Gasteiger partial charge in [0.15, 0.2) is 0 Å². The Balaban J connectivity index is 1.96. The first-order valence-electron chi connectivity index (χ1n) is 6.59. The molecule has 108 valence electrons. The Morgan fingerprint density at radius 2 is 2.30 bits per heavy atom. The minimum Gasteiger partial charge on any atom is -0.389 e. The molecule has 1 saturated heterocycles. The van der Waals surface area contributed by atoms with Gasteiger partial charge in [-0.15, -0.1) is 0 Å². The second kappa shape index (κ2) is 7.06. The quantitative estimate of drug-likeness (QED) is 0.829. The highest BCUT2D eigenvalue weighted by Gasteiger charge is 2.19. The fraction of sp³-hybridized carbons (Fsp3) is 0.429. The average molecular weight is 309 g/mol. The summed E-state index contributed by atoms with van der Waals surface area (Å²) in [5.41, 5.74) is 7.05. The number of hydrogen-bond donors (Lipinski definition) is 2. The maximum Gasteiger partial charge on any atom is 0.238 e. The third-order valence-electron chi connectivity index (χ3n) is 3.16. The zero-order valence-electron chi connectivity index (χ0n) is 11.5. The van der Waals surface area contributed by atoms with E-state index in [9.17, 15) is 4.79 Å². The van der Waals surface area contributed by atoms with Gasteiger partial charge < -0.3 is 11.1 Å². The Kier molecular flexibility index (Phi) is 5.39. The molecule has 1 amide bonds. The predicted octanol–water partition coefficient (Wildman–Crippen LogP) is 1.70. The monoisotopic (exact) mass is 309 g/mol. The topological polar surface area (TPSA) is 58.4 Å². The van der Waals surface area contributed by atoms with E-state index in [2.05, 4.69) is 17.1 Å². The normalized spacial score (nSPS) is 19.6. The summed E-state index contributed by atoms with van der Waals surface area (Å²) in [4.78, 5) is 14.6. The number of thioether (sulfide) groups is 1. The molecule has 4 nitrogen and oxygen atoms in total. The van der Waals surface area contributed by atoms with Gasteiger partial charge in [0.1, 0.15) is 4.99 Å². The van der Waals surface area contributed by atoms with Gasteiger partial charge >= 0.3 is 0 Å². The molecule has 1 aliphatic rings. The van der Waals surface area contributed by atoms with E-state index < -0.39 is 0 Å². The molecular weight excluding hydrogens is 290 g/mol. The number of amides is 1. The van der Waals surface area contributed by atoms with E-state index in [1.165, 1.54) is 0 Å². The lowest BCUT2D eigenvalue weighted by atomic mass is 10.2. The van der Waals surface area contributed by atoms with E-state index in [0.717, 1.165) is 18.8 Å². The lowest BCUT2D eigenvalue weighted by Crippen LogP contribution is -2.41. The molecule has 1 heterocycles. The van der Waals surface area contributed by atoms with Crippen molar-refractivity contribution in [3.05, 3.63) is 29.8 Å². The van der Waals surface area contributed by atoms with Gasteiger partial charge in [0.2, 0.25) is 5.91 Å². The van der Waals surface area contributed by atoms with Gasteiger partial charge in [-0.2, -0.15) is 11.8 Å². The van der Waals surface area contributed by atoms with Crippen molar-refractivity contribution in [2.45, 2.75) is 12.2 Å². The number of para-hydroxylation sites is 1. The van der Waals surface area contributed by atoms with Gasteiger partial charge in [0.05, 0.1) is 12.2 Å². The van der Waals surface area contributed by atoms with Crippen molar-refractivity contribution in [1.29, 1.82) is 0 Å². The van der Waals surface area contributed by atoms with Gasteiger partial charge in [0, 0.05) is 29.7 Å². The third-order valence-corrected chi connectivity index (χ3v) is 4.52. The summed E-state index contributed by atoms with van der Waals surface area (Å²) in [7, 11) is 0. The number of thiocarbonyl (C=S) groups is 1. The van der Waals surface area contributed by atoms with Crippen LogP contribution in [0.4, 0.5) is 5.69 Å². The molecule has 0 radical (unpaired) electrons. The molecule has 0 aliphatic carbocycles. The highest BCUT2D eigenvalue weighted by Crippen LogP contribution is 2.18. The Bertz CT molecular complexity index is 507. The highest BCUT2D eigenvalue weighted by molar-refractivity contribution is 7.99. The van der Waals surface area contributed by atoms with Gasteiger partial charge in [-0.3, -0.25) is 9.69 Å². The summed E-state index contributed by atoms with van der Waals surface area (Å²) in [6, 6.07) is 7.35. The lowest BCUT2D eigenvalue weighted by Gasteiger charge is -2.29. The Hall–Kier alpha value is -1.11. The van der Waals surface area contributed by atoms with Crippen LogP contribution in [0.1, 0.15) is 12.5 Å². The molecule has 0 saturated carbocycles. The molecule has 2 rings (SSSR count). The molecule has 6 heteroatoms. The molecule has 1 aromatic rings. The first-order chi connectivity index (χ1) is 9.56. The first-order valence-corrected chi connectivity index (χ1v) is 8.04. The third kappa shape index (κ3) is 4.19. The van der Waals surface area contributed by atoms with Crippen LogP contribution in [-0.4, -0.2) is 46.4 Å². The number of anilines is 1. The molecule has 0 bridgehead atoms. The van der Waals surface area contributed by atoms with Crippen molar-refractivity contribution in [3.63, 3.8) is 0 Å². The summed E-state index contributed by atoms with van der Waals surface area (Å²) in [5.74, 6) is 1.06. The van der Waals surface area contributed by atoms with Crippen LogP contribution in [0.3, 0.4) is 0 Å². The maximum atomic E-state index is 12.1. The summed E-state index contributed by atoms with van der Waals surface area (Å²) >= 11 is 6.94. The van der Waals surface area contributed by atoms with Crippen molar-refractivity contribution < 1.29 is 4.79 Å². The second-order valence-corrected chi connectivity index (χ2v) is 6.86. The van der Waals surface area contributed by atoms with Gasteiger partial charge in [-0.25, -0.2) is 0 Å². The van der Waals surface area contributed by atoms with E-state index >= 15 is 0 Å². The number of nitrogens with two attached hydrogens (primary N) is 1. The zero-order valence-corrected chi connectivity index (χ0v) is 13.1. The number of nitrogens with one attached hydrogen (secondary N) is 1. The summed E-state index contributed by atoms with van der Waals surface area (Å²) in [5, 5.41) is 3.48. The van der Waals surface area contributed by atoms with E-state index in [1.807, 2.05) is 36.0 Å². The average Bonchev–Trinajstić information content (AvgIpc) is 2.38. The van der Waals surface area contributed by atoms with Crippen molar-refractivity contribution in [2.24, 2.45) is 5.73 Å². The molecule has 1 unspecified atom stereocenters. The first kappa shape index (κ1) is 15.3. The van der Waals surface area contributed by atoms with Gasteiger partial charge in [0.25, 0.3) is 0 Å². The summed E-state index contributed by atoms with van der Waals surface area (Å²) in [6.07, 6.45) is 0. The molecule has 1 fully saturated rings. The highest BCUT2D eigenvalue weighted by atomic mass is 32.2. The van der Waals surface area contributed by atoms with Crippen LogP contribution in [0.5, 0.6) is 0 Å².